The molecule has 0 unspecified atom stereocenters. The molecule has 0 saturated carbocycles. The molecule has 0 radical (unpaired) electrons. The van der Waals surface area contributed by atoms with Crippen molar-refractivity contribution in [3.05, 3.63) is 11.1 Å². The molecule has 18 heavy (non-hydrogen) atoms. The predicted octanol–water partition coefficient (Wildman–Crippen LogP) is 1.49. The fraction of sp³-hybridized carbons (Fsp3) is 0.727. The van der Waals surface area contributed by atoms with E-state index in [1.54, 1.807) is 11.9 Å². The first kappa shape index (κ1) is 14.8. The highest BCUT2D eigenvalue weighted by Crippen LogP contribution is 2.08. The van der Waals surface area contributed by atoms with Crippen LogP contribution in [0.5, 0.6) is 0 Å². The minimum absolute atomic E-state index is 0.306. The highest BCUT2D eigenvalue weighted by Gasteiger charge is 2.18. The van der Waals surface area contributed by atoms with Gasteiger partial charge in [0.2, 0.25) is 0 Å². The minimum Gasteiger partial charge on any atom is -0.444 e. The maximum atomic E-state index is 11.6. The number of carbonyl (C=O) groups is 1. The van der Waals surface area contributed by atoms with Crippen molar-refractivity contribution in [2.45, 2.75) is 32.9 Å². The van der Waals surface area contributed by atoms with Gasteiger partial charge in [0.1, 0.15) is 5.60 Å². The van der Waals surface area contributed by atoms with Crippen molar-refractivity contribution in [2.24, 2.45) is 0 Å². The highest BCUT2D eigenvalue weighted by molar-refractivity contribution is 7.03. The summed E-state index contributed by atoms with van der Waals surface area (Å²) in [5.74, 6) is 0. The lowest BCUT2D eigenvalue weighted by atomic mass is 10.2. The average Bonchev–Trinajstić information content (AvgIpc) is 2.74. The first-order valence-corrected chi connectivity index (χ1v) is 6.63. The van der Waals surface area contributed by atoms with Gasteiger partial charge in [0.05, 0.1) is 5.69 Å². The second-order valence-corrected chi connectivity index (χ2v) is 5.58. The standard InChI is InChI=1S/C11H20N4O2S/c1-11(2,3)17-10(16)15(4)6-5-12-7-9-8-18-14-13-9/h8,12H,5-7H2,1-4H3. The van der Waals surface area contributed by atoms with E-state index in [4.69, 9.17) is 4.74 Å². The summed E-state index contributed by atoms with van der Waals surface area (Å²) in [6.07, 6.45) is -0.306. The highest BCUT2D eigenvalue weighted by atomic mass is 32.1. The molecule has 7 heteroatoms. The molecule has 0 aliphatic rings. The van der Waals surface area contributed by atoms with Crippen LogP contribution in [0.15, 0.2) is 5.38 Å². The van der Waals surface area contributed by atoms with Gasteiger partial charge in [-0.3, -0.25) is 0 Å². The first-order valence-electron chi connectivity index (χ1n) is 5.79. The summed E-state index contributed by atoms with van der Waals surface area (Å²) in [5.41, 5.74) is 0.463. The van der Waals surface area contributed by atoms with Crippen LogP contribution in [0.1, 0.15) is 26.5 Å². The van der Waals surface area contributed by atoms with Gasteiger partial charge in [-0.2, -0.15) is 0 Å². The smallest absolute Gasteiger partial charge is 0.410 e. The number of likely N-dealkylation sites (N-methyl/N-ethyl adjacent to an activating group) is 1. The molecule has 0 aromatic carbocycles. The zero-order valence-electron chi connectivity index (χ0n) is 11.3. The Balaban J connectivity index is 2.16. The summed E-state index contributed by atoms with van der Waals surface area (Å²) < 4.78 is 9.01. The van der Waals surface area contributed by atoms with Gasteiger partial charge < -0.3 is 15.0 Å². The van der Waals surface area contributed by atoms with Crippen molar-refractivity contribution < 1.29 is 9.53 Å². The lowest BCUT2D eigenvalue weighted by Crippen LogP contribution is -2.37. The largest absolute Gasteiger partial charge is 0.444 e. The number of carbonyl (C=O) groups excluding carboxylic acids is 1. The number of nitrogens with one attached hydrogen (secondary N) is 1. The molecule has 0 atom stereocenters. The summed E-state index contributed by atoms with van der Waals surface area (Å²) in [6.45, 7) is 7.50. The van der Waals surface area contributed by atoms with E-state index in [1.165, 1.54) is 11.5 Å². The Morgan fingerprint density at radius 3 is 2.83 bits per heavy atom. The monoisotopic (exact) mass is 272 g/mol. The molecule has 1 rings (SSSR count). The van der Waals surface area contributed by atoms with E-state index in [-0.39, 0.29) is 6.09 Å². The molecule has 0 saturated heterocycles. The van der Waals surface area contributed by atoms with Crippen LogP contribution in [0.4, 0.5) is 4.79 Å². The Labute approximate surface area is 111 Å². The molecule has 1 aromatic heterocycles. The van der Waals surface area contributed by atoms with Gasteiger partial charge in [0, 0.05) is 32.1 Å². The molecule has 0 aliphatic heterocycles. The number of amides is 1. The van der Waals surface area contributed by atoms with Gasteiger partial charge in [0.15, 0.2) is 0 Å². The summed E-state index contributed by atoms with van der Waals surface area (Å²) in [7, 11) is 1.72. The van der Waals surface area contributed by atoms with E-state index < -0.39 is 5.60 Å². The molecule has 0 aliphatic carbocycles. The number of nitrogens with zero attached hydrogens (tertiary/aromatic N) is 3. The van der Waals surface area contributed by atoms with Gasteiger partial charge in [-0.15, -0.1) is 5.10 Å². The van der Waals surface area contributed by atoms with Crippen molar-refractivity contribution >= 4 is 17.6 Å². The van der Waals surface area contributed by atoms with E-state index in [2.05, 4.69) is 14.9 Å². The van der Waals surface area contributed by atoms with Crippen molar-refractivity contribution in [1.29, 1.82) is 0 Å². The Bertz CT molecular complexity index is 362. The third-order valence-corrected chi connectivity index (χ3v) is 2.59. The molecule has 1 aromatic rings. The van der Waals surface area contributed by atoms with Crippen molar-refractivity contribution in [3.63, 3.8) is 0 Å². The van der Waals surface area contributed by atoms with Crippen LogP contribution < -0.4 is 5.32 Å². The lowest BCUT2D eigenvalue weighted by molar-refractivity contribution is 0.0300. The quantitative estimate of drug-likeness (QED) is 0.823. The summed E-state index contributed by atoms with van der Waals surface area (Å²) in [6, 6.07) is 0. The Morgan fingerprint density at radius 2 is 2.28 bits per heavy atom. The summed E-state index contributed by atoms with van der Waals surface area (Å²) in [4.78, 5) is 13.2. The number of aromatic nitrogens is 2. The Hall–Kier alpha value is -1.21. The SMILES string of the molecule is CN(CCNCc1csnn1)C(=O)OC(C)(C)C. The van der Waals surface area contributed by atoms with Gasteiger partial charge in [-0.1, -0.05) is 4.49 Å². The first-order chi connectivity index (χ1) is 8.38. The van der Waals surface area contributed by atoms with E-state index in [1.807, 2.05) is 26.2 Å². The van der Waals surface area contributed by atoms with Crippen molar-refractivity contribution in [2.75, 3.05) is 20.1 Å². The average molecular weight is 272 g/mol. The van der Waals surface area contributed by atoms with Crippen LogP contribution in [0.2, 0.25) is 0 Å². The van der Waals surface area contributed by atoms with E-state index in [9.17, 15) is 4.79 Å². The number of rotatable bonds is 5. The van der Waals surface area contributed by atoms with E-state index >= 15 is 0 Å². The molecule has 1 heterocycles. The fourth-order valence-corrected chi connectivity index (χ4v) is 1.61. The van der Waals surface area contributed by atoms with E-state index in [0.717, 1.165) is 5.69 Å². The molecule has 6 nitrogen and oxygen atoms in total. The topological polar surface area (TPSA) is 67.3 Å². The third kappa shape index (κ3) is 5.92. The van der Waals surface area contributed by atoms with Crippen LogP contribution in [0.3, 0.4) is 0 Å². The molecule has 1 amide bonds. The fourth-order valence-electron chi connectivity index (χ4n) is 1.16. The van der Waals surface area contributed by atoms with Gasteiger partial charge >= 0.3 is 6.09 Å². The molecule has 0 spiro atoms. The maximum Gasteiger partial charge on any atom is 0.410 e. The van der Waals surface area contributed by atoms with Crippen LogP contribution >= 0.6 is 11.5 Å². The van der Waals surface area contributed by atoms with Gasteiger partial charge in [-0.05, 0) is 32.3 Å². The zero-order valence-corrected chi connectivity index (χ0v) is 12.1. The minimum atomic E-state index is -0.453. The predicted molar refractivity (Wildman–Crippen MR) is 70.5 cm³/mol. The van der Waals surface area contributed by atoms with Gasteiger partial charge in [-0.25, -0.2) is 4.79 Å². The van der Waals surface area contributed by atoms with Crippen LogP contribution in [-0.4, -0.2) is 46.3 Å². The number of ether oxygens (including phenoxy) is 1. The molecular weight excluding hydrogens is 252 g/mol. The van der Waals surface area contributed by atoms with Crippen molar-refractivity contribution in [3.8, 4) is 0 Å². The molecule has 0 fully saturated rings. The van der Waals surface area contributed by atoms with Crippen LogP contribution in [0.25, 0.3) is 0 Å². The van der Waals surface area contributed by atoms with Crippen LogP contribution in [-0.2, 0) is 11.3 Å². The molecule has 102 valence electrons. The third-order valence-electron chi connectivity index (χ3n) is 2.04. The van der Waals surface area contributed by atoms with Crippen LogP contribution in [0, 0.1) is 0 Å². The number of hydrogen-bond acceptors (Lipinski definition) is 6. The zero-order chi connectivity index (χ0) is 13.6. The normalized spacial score (nSPS) is 11.3. The molecule has 1 N–H and O–H groups in total. The Kier molecular flexibility index (Phi) is 5.49. The number of hydrogen-bond donors (Lipinski definition) is 1. The van der Waals surface area contributed by atoms with E-state index in [0.29, 0.717) is 19.6 Å². The second-order valence-electron chi connectivity index (χ2n) is 4.97. The lowest BCUT2D eigenvalue weighted by Gasteiger charge is -2.24. The summed E-state index contributed by atoms with van der Waals surface area (Å²) >= 11 is 1.33. The van der Waals surface area contributed by atoms with Crippen molar-refractivity contribution in [1.82, 2.24) is 19.8 Å². The maximum absolute atomic E-state index is 11.6. The molecule has 0 bridgehead atoms. The second kappa shape index (κ2) is 6.65. The molecular formula is C11H20N4O2S. The summed E-state index contributed by atoms with van der Waals surface area (Å²) in [5, 5.41) is 9.00. The Morgan fingerprint density at radius 1 is 1.56 bits per heavy atom. The van der Waals surface area contributed by atoms with Gasteiger partial charge in [0.25, 0.3) is 0 Å².